The molecule has 0 fully saturated rings. The van der Waals surface area contributed by atoms with E-state index < -0.39 is 5.54 Å². The van der Waals surface area contributed by atoms with Crippen molar-refractivity contribution in [2.45, 2.75) is 25.3 Å². The van der Waals surface area contributed by atoms with Crippen molar-refractivity contribution in [2.24, 2.45) is 0 Å². The molecule has 4 heteroatoms. The number of nitrogens with one attached hydrogen (secondary N) is 1. The Bertz CT molecular complexity index is 374. The fourth-order valence-corrected chi connectivity index (χ4v) is 3.36. The SMILES string of the molecule is CC[C@]1(C(=O)OC)NCCc2ccsc21. The molecule has 0 spiro atoms. The van der Waals surface area contributed by atoms with Crippen LogP contribution in [0.5, 0.6) is 0 Å². The minimum atomic E-state index is -0.601. The van der Waals surface area contributed by atoms with Gasteiger partial charge in [0, 0.05) is 11.4 Å². The molecule has 0 aromatic carbocycles. The lowest BCUT2D eigenvalue weighted by Crippen LogP contribution is -2.52. The average Bonchev–Trinajstić information content (AvgIpc) is 2.75. The van der Waals surface area contributed by atoms with E-state index in [-0.39, 0.29) is 5.97 Å². The molecular weight excluding hydrogens is 210 g/mol. The van der Waals surface area contributed by atoms with Gasteiger partial charge in [-0.3, -0.25) is 5.32 Å². The molecule has 1 aliphatic heterocycles. The van der Waals surface area contributed by atoms with Crippen LogP contribution in [-0.4, -0.2) is 19.6 Å². The highest BCUT2D eigenvalue weighted by Crippen LogP contribution is 2.36. The Kier molecular flexibility index (Phi) is 2.80. The van der Waals surface area contributed by atoms with E-state index in [9.17, 15) is 4.79 Å². The monoisotopic (exact) mass is 225 g/mol. The molecular formula is C11H15NO2S. The third-order valence-corrected chi connectivity index (χ3v) is 4.14. The van der Waals surface area contributed by atoms with E-state index in [1.165, 1.54) is 12.7 Å². The van der Waals surface area contributed by atoms with Crippen LogP contribution in [0.3, 0.4) is 0 Å². The number of fused-ring (bicyclic) bond motifs is 1. The van der Waals surface area contributed by atoms with Gasteiger partial charge >= 0.3 is 5.97 Å². The molecule has 0 bridgehead atoms. The highest BCUT2D eigenvalue weighted by Gasteiger charge is 2.43. The topological polar surface area (TPSA) is 38.3 Å². The maximum Gasteiger partial charge on any atom is 0.331 e. The van der Waals surface area contributed by atoms with E-state index >= 15 is 0 Å². The molecule has 2 rings (SSSR count). The van der Waals surface area contributed by atoms with Crippen LogP contribution in [0.1, 0.15) is 23.8 Å². The number of ether oxygens (including phenoxy) is 1. The highest BCUT2D eigenvalue weighted by molar-refractivity contribution is 7.10. The predicted octanol–water partition coefficient (Wildman–Crippen LogP) is 1.67. The summed E-state index contributed by atoms with van der Waals surface area (Å²) in [6, 6.07) is 2.11. The normalized spacial score (nSPS) is 24.7. The van der Waals surface area contributed by atoms with Crippen LogP contribution < -0.4 is 5.32 Å². The molecule has 15 heavy (non-hydrogen) atoms. The summed E-state index contributed by atoms with van der Waals surface area (Å²) in [6.07, 6.45) is 1.73. The Morgan fingerprint density at radius 3 is 3.20 bits per heavy atom. The first kappa shape index (κ1) is 10.6. The Balaban J connectivity index is 2.48. The molecule has 1 aromatic heterocycles. The van der Waals surface area contributed by atoms with E-state index in [4.69, 9.17) is 4.74 Å². The van der Waals surface area contributed by atoms with E-state index in [0.717, 1.165) is 24.3 Å². The average molecular weight is 225 g/mol. The van der Waals surface area contributed by atoms with Gasteiger partial charge in [-0.25, -0.2) is 4.79 Å². The summed E-state index contributed by atoms with van der Waals surface area (Å²) in [4.78, 5) is 13.0. The molecule has 2 heterocycles. The van der Waals surface area contributed by atoms with Crippen molar-refractivity contribution in [1.29, 1.82) is 0 Å². The van der Waals surface area contributed by atoms with Crippen LogP contribution in [0.25, 0.3) is 0 Å². The Labute approximate surface area is 93.4 Å². The van der Waals surface area contributed by atoms with Gasteiger partial charge in [-0.15, -0.1) is 11.3 Å². The second kappa shape index (κ2) is 3.94. The van der Waals surface area contributed by atoms with Gasteiger partial charge in [-0.1, -0.05) is 6.92 Å². The summed E-state index contributed by atoms with van der Waals surface area (Å²) in [5.74, 6) is -0.173. The number of rotatable bonds is 2. The van der Waals surface area contributed by atoms with Gasteiger partial charge < -0.3 is 4.74 Å². The Morgan fingerprint density at radius 2 is 2.53 bits per heavy atom. The maximum atomic E-state index is 11.9. The molecule has 1 N–H and O–H groups in total. The zero-order valence-electron chi connectivity index (χ0n) is 9.00. The summed E-state index contributed by atoms with van der Waals surface area (Å²) >= 11 is 1.64. The summed E-state index contributed by atoms with van der Waals surface area (Å²) < 4.78 is 4.92. The van der Waals surface area contributed by atoms with Crippen molar-refractivity contribution in [2.75, 3.05) is 13.7 Å². The van der Waals surface area contributed by atoms with Gasteiger partial charge in [0.05, 0.1) is 7.11 Å². The van der Waals surface area contributed by atoms with Crippen LogP contribution in [0.2, 0.25) is 0 Å². The molecule has 1 atom stereocenters. The van der Waals surface area contributed by atoms with Crippen molar-refractivity contribution in [3.8, 4) is 0 Å². The van der Waals surface area contributed by atoms with Crippen molar-refractivity contribution in [3.05, 3.63) is 21.9 Å². The summed E-state index contributed by atoms with van der Waals surface area (Å²) in [5.41, 5.74) is 0.683. The van der Waals surface area contributed by atoms with Gasteiger partial charge in [-0.05, 0) is 29.9 Å². The van der Waals surface area contributed by atoms with Crippen LogP contribution in [-0.2, 0) is 21.5 Å². The lowest BCUT2D eigenvalue weighted by molar-refractivity contribution is -0.149. The predicted molar refractivity (Wildman–Crippen MR) is 60.0 cm³/mol. The lowest BCUT2D eigenvalue weighted by Gasteiger charge is -2.34. The second-order valence-corrected chi connectivity index (χ2v) is 4.62. The quantitative estimate of drug-likeness (QED) is 0.778. The number of thiophene rings is 1. The Morgan fingerprint density at radius 1 is 1.73 bits per heavy atom. The first-order valence-corrected chi connectivity index (χ1v) is 6.03. The van der Waals surface area contributed by atoms with Crippen molar-refractivity contribution in [3.63, 3.8) is 0 Å². The standard InChI is InChI=1S/C11H15NO2S/c1-3-11(10(13)14-2)9-8(4-6-12-11)5-7-15-9/h5,7,12H,3-4,6H2,1-2H3/t11-/m0/s1. The molecule has 0 aliphatic carbocycles. The number of hydrogen-bond donors (Lipinski definition) is 1. The number of esters is 1. The summed E-state index contributed by atoms with van der Waals surface area (Å²) in [6.45, 7) is 2.85. The van der Waals surface area contributed by atoms with Crippen LogP contribution >= 0.6 is 11.3 Å². The van der Waals surface area contributed by atoms with Crippen molar-refractivity contribution < 1.29 is 9.53 Å². The van der Waals surface area contributed by atoms with Gasteiger partial charge in [0.1, 0.15) is 0 Å². The minimum Gasteiger partial charge on any atom is -0.467 e. The third kappa shape index (κ3) is 1.48. The largest absolute Gasteiger partial charge is 0.467 e. The van der Waals surface area contributed by atoms with Crippen molar-refractivity contribution >= 4 is 17.3 Å². The fraction of sp³-hybridized carbons (Fsp3) is 0.545. The zero-order valence-corrected chi connectivity index (χ0v) is 9.82. The molecule has 1 aromatic rings. The molecule has 0 radical (unpaired) electrons. The molecule has 0 saturated carbocycles. The van der Waals surface area contributed by atoms with Gasteiger partial charge in [0.15, 0.2) is 5.54 Å². The van der Waals surface area contributed by atoms with Crippen LogP contribution in [0.4, 0.5) is 0 Å². The maximum absolute atomic E-state index is 11.9. The smallest absolute Gasteiger partial charge is 0.331 e. The zero-order chi connectivity index (χ0) is 10.9. The molecule has 1 aliphatic rings. The number of methoxy groups -OCH3 is 1. The second-order valence-electron chi connectivity index (χ2n) is 3.70. The molecule has 82 valence electrons. The molecule has 3 nitrogen and oxygen atoms in total. The first-order valence-electron chi connectivity index (χ1n) is 5.15. The molecule has 0 saturated heterocycles. The van der Waals surface area contributed by atoms with E-state index in [1.54, 1.807) is 11.3 Å². The number of carbonyl (C=O) groups is 1. The van der Waals surface area contributed by atoms with E-state index in [1.807, 2.05) is 12.3 Å². The first-order chi connectivity index (χ1) is 7.24. The highest BCUT2D eigenvalue weighted by atomic mass is 32.1. The Hall–Kier alpha value is -0.870. The van der Waals surface area contributed by atoms with E-state index in [2.05, 4.69) is 11.4 Å². The van der Waals surface area contributed by atoms with Crippen LogP contribution in [0, 0.1) is 0 Å². The van der Waals surface area contributed by atoms with Gasteiger partial charge in [0.2, 0.25) is 0 Å². The molecule has 0 unspecified atom stereocenters. The number of carbonyl (C=O) groups excluding carboxylic acids is 1. The van der Waals surface area contributed by atoms with E-state index in [0.29, 0.717) is 0 Å². The number of hydrogen-bond acceptors (Lipinski definition) is 4. The van der Waals surface area contributed by atoms with Gasteiger partial charge in [0.25, 0.3) is 0 Å². The van der Waals surface area contributed by atoms with Crippen LogP contribution in [0.15, 0.2) is 11.4 Å². The third-order valence-electron chi connectivity index (χ3n) is 3.02. The minimum absolute atomic E-state index is 0.173. The molecule has 0 amide bonds. The fourth-order valence-electron chi connectivity index (χ4n) is 2.17. The van der Waals surface area contributed by atoms with Crippen molar-refractivity contribution in [1.82, 2.24) is 5.32 Å². The summed E-state index contributed by atoms with van der Waals surface area (Å²) in [5, 5.41) is 5.36. The lowest BCUT2D eigenvalue weighted by atomic mass is 9.87. The van der Waals surface area contributed by atoms with Gasteiger partial charge in [-0.2, -0.15) is 0 Å². The summed E-state index contributed by atoms with van der Waals surface area (Å²) in [7, 11) is 1.45.